The Labute approximate surface area is 110 Å². The average molecular weight is 266 g/mol. The van der Waals surface area contributed by atoms with E-state index in [9.17, 15) is 9.59 Å². The number of anilines is 1. The number of aromatic nitrogens is 3. The number of likely N-dealkylation sites (tertiary alicyclic amines) is 1. The van der Waals surface area contributed by atoms with Gasteiger partial charge in [-0.3, -0.25) is 14.7 Å². The highest BCUT2D eigenvalue weighted by atomic mass is 16.2. The molecule has 0 radical (unpaired) electrons. The molecule has 104 valence electrons. The van der Waals surface area contributed by atoms with Crippen molar-refractivity contribution in [2.75, 3.05) is 18.8 Å². The summed E-state index contributed by atoms with van der Waals surface area (Å²) >= 11 is 0. The van der Waals surface area contributed by atoms with E-state index in [4.69, 9.17) is 5.73 Å². The number of nitrogens with two attached hydrogens (primary N) is 1. The molecule has 8 heteroatoms. The zero-order valence-electron chi connectivity index (χ0n) is 10.8. The number of amides is 2. The Kier molecular flexibility index (Phi) is 3.98. The van der Waals surface area contributed by atoms with Gasteiger partial charge in [0.05, 0.1) is 0 Å². The fraction of sp³-hybridized carbons (Fsp3) is 0.636. The first-order chi connectivity index (χ1) is 9.08. The van der Waals surface area contributed by atoms with Crippen LogP contribution in [-0.2, 0) is 4.79 Å². The van der Waals surface area contributed by atoms with Gasteiger partial charge in [0.2, 0.25) is 17.7 Å². The summed E-state index contributed by atoms with van der Waals surface area (Å²) in [4.78, 5) is 29.4. The molecule has 1 atom stereocenters. The molecule has 4 N–H and O–H groups in total. The number of nitrogens with one attached hydrogen (secondary N) is 2. The van der Waals surface area contributed by atoms with Gasteiger partial charge in [-0.1, -0.05) is 0 Å². The van der Waals surface area contributed by atoms with E-state index in [-0.39, 0.29) is 17.7 Å². The molecule has 2 amide bonds. The predicted molar refractivity (Wildman–Crippen MR) is 68.2 cm³/mol. The summed E-state index contributed by atoms with van der Waals surface area (Å²) in [5.74, 6) is -0.543. The molecular weight excluding hydrogens is 248 g/mol. The number of piperidine rings is 1. The lowest BCUT2D eigenvalue weighted by molar-refractivity contribution is -0.133. The van der Waals surface area contributed by atoms with Crippen LogP contribution < -0.4 is 11.1 Å². The third-order valence-electron chi connectivity index (χ3n) is 3.10. The lowest BCUT2D eigenvalue weighted by atomic mass is 10.1. The van der Waals surface area contributed by atoms with Crippen LogP contribution in [0.4, 0.5) is 5.95 Å². The van der Waals surface area contributed by atoms with Crippen molar-refractivity contribution in [1.82, 2.24) is 25.4 Å². The van der Waals surface area contributed by atoms with Gasteiger partial charge in [0.1, 0.15) is 6.04 Å². The number of hydrogen-bond acceptors (Lipinski definition) is 5. The topological polar surface area (TPSA) is 117 Å². The van der Waals surface area contributed by atoms with Crippen LogP contribution in [0.5, 0.6) is 0 Å². The third-order valence-corrected chi connectivity index (χ3v) is 3.10. The van der Waals surface area contributed by atoms with E-state index in [1.807, 2.05) is 0 Å². The number of carbonyl (C=O) groups excluding carboxylic acids is 2. The van der Waals surface area contributed by atoms with Crippen molar-refractivity contribution in [1.29, 1.82) is 0 Å². The van der Waals surface area contributed by atoms with Crippen LogP contribution >= 0.6 is 0 Å². The maximum absolute atomic E-state index is 12.1. The van der Waals surface area contributed by atoms with Crippen LogP contribution in [0.1, 0.15) is 36.8 Å². The van der Waals surface area contributed by atoms with Gasteiger partial charge < -0.3 is 16.0 Å². The minimum absolute atomic E-state index is 0.000148. The Morgan fingerprint density at radius 1 is 1.37 bits per heavy atom. The summed E-state index contributed by atoms with van der Waals surface area (Å²) in [6.45, 7) is 3.18. The maximum Gasteiger partial charge on any atom is 0.289 e. The first kappa shape index (κ1) is 13.3. The standard InChI is InChI=1S/C11H18N6O2/c1-7(10(19)17-5-3-2-4-6-17)13-9(18)8-14-11(12)16-15-8/h7H,2-6H2,1H3,(H,13,18)(H3,12,14,15,16). The Morgan fingerprint density at radius 2 is 2.05 bits per heavy atom. The van der Waals surface area contributed by atoms with E-state index >= 15 is 0 Å². The number of nitrogen functional groups attached to an aromatic ring is 1. The summed E-state index contributed by atoms with van der Waals surface area (Å²) in [6.07, 6.45) is 3.19. The molecule has 1 aromatic rings. The molecule has 1 unspecified atom stereocenters. The zero-order valence-corrected chi connectivity index (χ0v) is 10.8. The van der Waals surface area contributed by atoms with E-state index in [0.29, 0.717) is 0 Å². The van der Waals surface area contributed by atoms with Crippen LogP contribution in [0.2, 0.25) is 0 Å². The maximum atomic E-state index is 12.1. The summed E-state index contributed by atoms with van der Waals surface area (Å²) in [7, 11) is 0. The predicted octanol–water partition coefficient (Wildman–Crippen LogP) is -0.482. The van der Waals surface area contributed by atoms with Crippen molar-refractivity contribution in [3.63, 3.8) is 0 Å². The minimum Gasteiger partial charge on any atom is -0.366 e. The molecule has 1 aliphatic heterocycles. The first-order valence-corrected chi connectivity index (χ1v) is 6.35. The van der Waals surface area contributed by atoms with Gasteiger partial charge in [0, 0.05) is 13.1 Å². The fourth-order valence-electron chi connectivity index (χ4n) is 2.09. The van der Waals surface area contributed by atoms with Gasteiger partial charge in [-0.15, -0.1) is 5.10 Å². The fourth-order valence-corrected chi connectivity index (χ4v) is 2.09. The minimum atomic E-state index is -0.586. The zero-order chi connectivity index (χ0) is 13.8. The Balaban J connectivity index is 1.91. The Bertz CT molecular complexity index is 466. The highest BCUT2D eigenvalue weighted by Crippen LogP contribution is 2.10. The van der Waals surface area contributed by atoms with Crippen LogP contribution in [-0.4, -0.2) is 51.0 Å². The van der Waals surface area contributed by atoms with Gasteiger partial charge in [0.15, 0.2) is 0 Å². The van der Waals surface area contributed by atoms with E-state index in [1.54, 1.807) is 11.8 Å². The van der Waals surface area contributed by atoms with Crippen molar-refractivity contribution >= 4 is 17.8 Å². The molecule has 0 bridgehead atoms. The van der Waals surface area contributed by atoms with E-state index in [1.165, 1.54) is 0 Å². The van der Waals surface area contributed by atoms with Crippen molar-refractivity contribution in [3.05, 3.63) is 5.82 Å². The highest BCUT2D eigenvalue weighted by molar-refractivity contribution is 5.94. The summed E-state index contributed by atoms with van der Waals surface area (Å²) in [5.41, 5.74) is 5.32. The lowest BCUT2D eigenvalue weighted by Crippen LogP contribution is -2.48. The highest BCUT2D eigenvalue weighted by Gasteiger charge is 2.24. The molecule has 1 fully saturated rings. The van der Waals surface area contributed by atoms with Gasteiger partial charge in [0.25, 0.3) is 5.91 Å². The summed E-state index contributed by atoms with van der Waals surface area (Å²) in [5, 5.41) is 8.56. The van der Waals surface area contributed by atoms with Crippen LogP contribution in [0.3, 0.4) is 0 Å². The molecule has 1 aliphatic rings. The van der Waals surface area contributed by atoms with Gasteiger partial charge in [-0.2, -0.15) is 4.98 Å². The van der Waals surface area contributed by atoms with Crippen LogP contribution in [0.15, 0.2) is 0 Å². The lowest BCUT2D eigenvalue weighted by Gasteiger charge is -2.29. The number of H-pyrrole nitrogens is 1. The Morgan fingerprint density at radius 3 is 2.63 bits per heavy atom. The normalized spacial score (nSPS) is 17.0. The summed E-state index contributed by atoms with van der Waals surface area (Å²) in [6, 6.07) is -0.586. The molecule has 0 spiro atoms. The molecule has 19 heavy (non-hydrogen) atoms. The second kappa shape index (κ2) is 5.68. The molecule has 0 aromatic carbocycles. The van der Waals surface area contributed by atoms with Crippen molar-refractivity contribution in [3.8, 4) is 0 Å². The average Bonchev–Trinajstić information content (AvgIpc) is 2.85. The summed E-state index contributed by atoms with van der Waals surface area (Å²) < 4.78 is 0. The second-order valence-electron chi connectivity index (χ2n) is 4.62. The van der Waals surface area contributed by atoms with Gasteiger partial charge >= 0.3 is 0 Å². The first-order valence-electron chi connectivity index (χ1n) is 6.35. The van der Waals surface area contributed by atoms with Gasteiger partial charge in [-0.05, 0) is 26.2 Å². The SMILES string of the molecule is CC(NC(=O)c1nc(N)n[nH]1)C(=O)N1CCCCC1. The van der Waals surface area contributed by atoms with Crippen molar-refractivity contribution < 1.29 is 9.59 Å². The molecule has 0 aliphatic carbocycles. The van der Waals surface area contributed by atoms with Crippen LogP contribution in [0.25, 0.3) is 0 Å². The molecule has 1 aromatic heterocycles. The molecule has 1 saturated heterocycles. The van der Waals surface area contributed by atoms with Crippen molar-refractivity contribution in [2.45, 2.75) is 32.2 Å². The molecular formula is C11H18N6O2. The van der Waals surface area contributed by atoms with E-state index in [0.717, 1.165) is 32.4 Å². The number of hydrogen-bond donors (Lipinski definition) is 3. The number of nitrogens with zero attached hydrogens (tertiary/aromatic N) is 3. The largest absolute Gasteiger partial charge is 0.366 e. The number of rotatable bonds is 3. The van der Waals surface area contributed by atoms with E-state index in [2.05, 4.69) is 20.5 Å². The monoisotopic (exact) mass is 266 g/mol. The third kappa shape index (κ3) is 3.21. The quantitative estimate of drug-likeness (QED) is 0.683. The Hall–Kier alpha value is -2.12. The van der Waals surface area contributed by atoms with Crippen molar-refractivity contribution in [2.24, 2.45) is 0 Å². The molecule has 8 nitrogen and oxygen atoms in total. The molecule has 0 saturated carbocycles. The van der Waals surface area contributed by atoms with E-state index < -0.39 is 11.9 Å². The number of carbonyl (C=O) groups is 2. The second-order valence-corrected chi connectivity index (χ2v) is 4.62. The molecule has 2 rings (SSSR count). The van der Waals surface area contributed by atoms with Crippen LogP contribution in [0, 0.1) is 0 Å². The smallest absolute Gasteiger partial charge is 0.289 e. The number of aromatic amines is 1. The van der Waals surface area contributed by atoms with Gasteiger partial charge in [-0.25, -0.2) is 0 Å². The molecule has 2 heterocycles.